The first-order valence-electron chi connectivity index (χ1n) is 25.7. The lowest BCUT2D eigenvalue weighted by Crippen LogP contribution is -2.26. The summed E-state index contributed by atoms with van der Waals surface area (Å²) in [5.74, 6) is 0. The van der Waals surface area contributed by atoms with E-state index in [0.29, 0.717) is 0 Å². The van der Waals surface area contributed by atoms with Gasteiger partial charge in [0, 0.05) is 16.9 Å². The summed E-state index contributed by atoms with van der Waals surface area (Å²) in [6.07, 6.45) is 0. The molecule has 13 aromatic rings. The summed E-state index contributed by atoms with van der Waals surface area (Å²) in [5.41, 5.74) is 22.5. The Kier molecular flexibility index (Phi) is 9.55. The van der Waals surface area contributed by atoms with Crippen molar-refractivity contribution in [3.05, 3.63) is 307 Å². The second-order valence-electron chi connectivity index (χ2n) is 19.8. The molecule has 0 amide bonds. The molecule has 0 heterocycles. The van der Waals surface area contributed by atoms with E-state index >= 15 is 0 Å². The molecule has 0 aromatic heterocycles. The van der Waals surface area contributed by atoms with Crippen molar-refractivity contribution in [2.24, 2.45) is 0 Å². The lowest BCUT2D eigenvalue weighted by atomic mass is 9.70. The molecule has 13 aromatic carbocycles. The molecule has 0 radical (unpaired) electrons. The fourth-order valence-corrected chi connectivity index (χ4v) is 13.0. The smallest absolute Gasteiger partial charge is 0.0726 e. The van der Waals surface area contributed by atoms with Crippen LogP contribution in [-0.2, 0) is 5.41 Å². The van der Waals surface area contributed by atoms with E-state index in [1.807, 2.05) is 0 Å². The Hall–Kier alpha value is -9.56. The predicted octanol–water partition coefficient (Wildman–Crippen LogP) is 19.6. The van der Waals surface area contributed by atoms with Crippen LogP contribution in [0.5, 0.6) is 0 Å². The molecule has 344 valence electrons. The van der Waals surface area contributed by atoms with E-state index in [9.17, 15) is 0 Å². The Balaban J connectivity index is 1.10. The summed E-state index contributed by atoms with van der Waals surface area (Å²) in [6.45, 7) is 0. The Bertz CT molecular complexity index is 4280. The first-order chi connectivity index (χ1) is 36.7. The van der Waals surface area contributed by atoms with Crippen molar-refractivity contribution in [2.45, 2.75) is 5.41 Å². The molecular formula is C73H47N. The van der Waals surface area contributed by atoms with E-state index in [4.69, 9.17) is 0 Å². The maximum atomic E-state index is 2.58. The molecule has 0 unspecified atom stereocenters. The highest BCUT2D eigenvalue weighted by atomic mass is 15.1. The highest BCUT2D eigenvalue weighted by Crippen LogP contribution is 2.64. The average Bonchev–Trinajstić information content (AvgIpc) is 4.03. The first kappa shape index (κ1) is 42.2. The van der Waals surface area contributed by atoms with Crippen molar-refractivity contribution >= 4 is 49.4 Å². The highest BCUT2D eigenvalue weighted by molar-refractivity contribution is 6.26. The quantitative estimate of drug-likeness (QED) is 0.144. The fraction of sp³-hybridized carbons (Fsp3) is 0.0137. The Morgan fingerprint density at radius 1 is 0.203 bits per heavy atom. The Labute approximate surface area is 431 Å². The van der Waals surface area contributed by atoms with E-state index in [1.54, 1.807) is 0 Å². The second kappa shape index (κ2) is 16.8. The third-order valence-corrected chi connectivity index (χ3v) is 16.1. The van der Waals surface area contributed by atoms with Crippen molar-refractivity contribution in [1.29, 1.82) is 0 Å². The number of benzene rings is 13. The van der Waals surface area contributed by atoms with Gasteiger partial charge in [0.25, 0.3) is 0 Å². The summed E-state index contributed by atoms with van der Waals surface area (Å²) >= 11 is 0. The van der Waals surface area contributed by atoms with E-state index in [2.05, 4.69) is 290 Å². The van der Waals surface area contributed by atoms with E-state index < -0.39 is 5.41 Å². The van der Waals surface area contributed by atoms with Gasteiger partial charge in [-0.05, 0) is 152 Å². The van der Waals surface area contributed by atoms with Crippen LogP contribution in [0, 0.1) is 0 Å². The Morgan fingerprint density at radius 3 is 1.12 bits per heavy atom. The van der Waals surface area contributed by atoms with E-state index in [1.165, 1.54) is 116 Å². The summed E-state index contributed by atoms with van der Waals surface area (Å²) in [4.78, 5) is 2.57. The highest BCUT2D eigenvalue weighted by Gasteiger charge is 2.52. The van der Waals surface area contributed by atoms with Crippen LogP contribution in [0.1, 0.15) is 22.3 Å². The van der Waals surface area contributed by atoms with Crippen molar-refractivity contribution in [3.63, 3.8) is 0 Å². The molecule has 0 bridgehead atoms. The lowest BCUT2D eigenvalue weighted by molar-refractivity contribution is 0.794. The molecular weight excluding hydrogens is 891 g/mol. The molecule has 0 atom stereocenters. The minimum Gasteiger partial charge on any atom is -0.310 e. The minimum absolute atomic E-state index is 0.554. The fourth-order valence-electron chi connectivity index (χ4n) is 13.0. The molecule has 2 aliphatic rings. The van der Waals surface area contributed by atoms with Crippen LogP contribution >= 0.6 is 0 Å². The van der Waals surface area contributed by atoms with Gasteiger partial charge < -0.3 is 4.90 Å². The van der Waals surface area contributed by atoms with Crippen molar-refractivity contribution in [1.82, 2.24) is 0 Å². The van der Waals surface area contributed by atoms with Crippen molar-refractivity contribution < 1.29 is 0 Å². The Morgan fingerprint density at radius 2 is 0.581 bits per heavy atom. The second-order valence-corrected chi connectivity index (χ2v) is 19.8. The molecule has 0 N–H and O–H groups in total. The topological polar surface area (TPSA) is 3.24 Å². The largest absolute Gasteiger partial charge is 0.310 e. The molecule has 0 fully saturated rings. The third-order valence-electron chi connectivity index (χ3n) is 16.1. The minimum atomic E-state index is -0.554. The zero-order chi connectivity index (χ0) is 48.7. The summed E-state index contributed by atoms with van der Waals surface area (Å²) < 4.78 is 0. The van der Waals surface area contributed by atoms with Gasteiger partial charge in [-0.15, -0.1) is 0 Å². The van der Waals surface area contributed by atoms with Crippen LogP contribution in [-0.4, -0.2) is 0 Å². The molecule has 2 aliphatic carbocycles. The summed E-state index contributed by atoms with van der Waals surface area (Å²) in [6, 6.07) is 106. The van der Waals surface area contributed by atoms with Gasteiger partial charge in [-0.2, -0.15) is 0 Å². The van der Waals surface area contributed by atoms with Gasteiger partial charge in [-0.25, -0.2) is 0 Å². The van der Waals surface area contributed by atoms with Gasteiger partial charge in [0.05, 0.1) is 11.1 Å². The zero-order valence-corrected chi connectivity index (χ0v) is 40.6. The van der Waals surface area contributed by atoms with Crippen LogP contribution < -0.4 is 4.90 Å². The number of nitrogens with zero attached hydrogens (tertiary/aromatic N) is 1. The van der Waals surface area contributed by atoms with Crippen LogP contribution in [0.25, 0.3) is 99.1 Å². The lowest BCUT2D eigenvalue weighted by Gasteiger charge is -2.34. The first-order valence-corrected chi connectivity index (χ1v) is 25.7. The van der Waals surface area contributed by atoms with E-state index in [0.717, 1.165) is 22.6 Å². The van der Waals surface area contributed by atoms with Crippen LogP contribution in [0.2, 0.25) is 0 Å². The molecule has 0 aliphatic heterocycles. The number of hydrogen-bond donors (Lipinski definition) is 0. The molecule has 74 heavy (non-hydrogen) atoms. The van der Waals surface area contributed by atoms with Gasteiger partial charge in [0.2, 0.25) is 0 Å². The van der Waals surface area contributed by atoms with Gasteiger partial charge in [-0.1, -0.05) is 249 Å². The van der Waals surface area contributed by atoms with Crippen LogP contribution in [0.15, 0.2) is 285 Å². The monoisotopic (exact) mass is 937 g/mol. The predicted molar refractivity (Wildman–Crippen MR) is 312 cm³/mol. The SMILES string of the molecule is c1ccc(-c2ccc(N(c3ccc4c5ccccc5c5ccccc5c4c3)c3cc4c(cc3-c3ccccc3-c3ccccc3)-c3ccccc3C43c4ccccc4-c4ccccc43)cc2-c2ccccc2)cc1. The van der Waals surface area contributed by atoms with Gasteiger partial charge in [-0.3, -0.25) is 0 Å². The summed E-state index contributed by atoms with van der Waals surface area (Å²) in [5, 5.41) is 7.48. The number of anilines is 3. The van der Waals surface area contributed by atoms with Gasteiger partial charge in [0.1, 0.15) is 0 Å². The van der Waals surface area contributed by atoms with Crippen LogP contribution in [0.4, 0.5) is 17.1 Å². The number of fused-ring (bicyclic) bond motifs is 16. The van der Waals surface area contributed by atoms with Crippen LogP contribution in [0.3, 0.4) is 0 Å². The molecule has 1 heteroatoms. The maximum Gasteiger partial charge on any atom is 0.0726 e. The molecule has 15 rings (SSSR count). The molecule has 0 saturated heterocycles. The van der Waals surface area contributed by atoms with E-state index in [-0.39, 0.29) is 0 Å². The summed E-state index contributed by atoms with van der Waals surface area (Å²) in [7, 11) is 0. The van der Waals surface area contributed by atoms with Crippen molar-refractivity contribution in [2.75, 3.05) is 4.90 Å². The zero-order valence-electron chi connectivity index (χ0n) is 40.6. The number of rotatable bonds is 7. The standard InChI is InChI=1S/C73H47N/c1-4-22-48(23-5-1)53-28-10-11-29-55(53)67-46-66-63-36-18-21-39-70(63)73(68-37-19-16-34-61(68)62-35-17-20-38-69(62)73)71(66)47-72(67)74(51-40-42-54(49-24-6-2-7-25-49)64(44-51)50-26-8-3-9-27-50)52-41-43-60-58-32-13-12-30-56(58)57-31-14-15-33-59(57)65(60)45-52/h1-47H. The molecule has 0 saturated carbocycles. The third kappa shape index (κ3) is 6.23. The molecule has 1 spiro atoms. The molecule has 1 nitrogen and oxygen atoms in total. The maximum absolute atomic E-state index is 2.58. The van der Waals surface area contributed by atoms with Crippen molar-refractivity contribution in [3.8, 4) is 66.8 Å². The van der Waals surface area contributed by atoms with Gasteiger partial charge >= 0.3 is 0 Å². The average molecular weight is 938 g/mol. The normalized spacial score (nSPS) is 12.7. The number of hydrogen-bond acceptors (Lipinski definition) is 1. The van der Waals surface area contributed by atoms with Gasteiger partial charge in [0.15, 0.2) is 0 Å².